The van der Waals surface area contributed by atoms with Crippen molar-refractivity contribution in [3.05, 3.63) is 60.2 Å². The first kappa shape index (κ1) is 21.8. The first-order valence-corrected chi connectivity index (χ1v) is 9.91. The van der Waals surface area contributed by atoms with Gasteiger partial charge in [0.15, 0.2) is 0 Å². The van der Waals surface area contributed by atoms with Crippen molar-refractivity contribution < 1.29 is 9.53 Å². The van der Waals surface area contributed by atoms with Crippen LogP contribution in [0.2, 0.25) is 0 Å². The topological polar surface area (TPSA) is 67.3 Å². The van der Waals surface area contributed by atoms with Gasteiger partial charge in [-0.1, -0.05) is 18.6 Å². The molecule has 0 saturated carbocycles. The van der Waals surface area contributed by atoms with E-state index in [2.05, 4.69) is 32.3 Å². The molecule has 2 rings (SSSR count). The number of amides is 1. The molecule has 0 radical (unpaired) electrons. The van der Waals surface area contributed by atoms with E-state index in [0.717, 1.165) is 50.3 Å². The summed E-state index contributed by atoms with van der Waals surface area (Å²) in [5.41, 5.74) is 1.66. The minimum absolute atomic E-state index is 0.348. The molecule has 0 aliphatic heterocycles. The van der Waals surface area contributed by atoms with Crippen molar-refractivity contribution in [2.45, 2.75) is 58.7 Å². The van der Waals surface area contributed by atoms with Crippen molar-refractivity contribution in [2.75, 3.05) is 13.1 Å². The van der Waals surface area contributed by atoms with Crippen LogP contribution < -0.4 is 5.32 Å². The van der Waals surface area contributed by atoms with Gasteiger partial charge in [0.2, 0.25) is 0 Å². The minimum Gasteiger partial charge on any atom is -0.444 e. The normalized spacial score (nSPS) is 11.4. The van der Waals surface area contributed by atoms with Crippen molar-refractivity contribution in [2.24, 2.45) is 0 Å². The number of nitrogens with zero attached hydrogens (tertiary/aromatic N) is 3. The monoisotopic (exact) mass is 384 g/mol. The van der Waals surface area contributed by atoms with Crippen LogP contribution in [0, 0.1) is 0 Å². The van der Waals surface area contributed by atoms with Crippen LogP contribution in [-0.2, 0) is 17.8 Å². The largest absolute Gasteiger partial charge is 0.444 e. The lowest BCUT2D eigenvalue weighted by Crippen LogP contribution is -2.33. The molecule has 28 heavy (non-hydrogen) atoms. The molecule has 0 spiro atoms. The molecule has 0 bridgehead atoms. The third-order valence-corrected chi connectivity index (χ3v) is 4.04. The van der Waals surface area contributed by atoms with E-state index in [1.807, 2.05) is 57.4 Å². The lowest BCUT2D eigenvalue weighted by atomic mass is 10.2. The summed E-state index contributed by atoms with van der Waals surface area (Å²) in [4.78, 5) is 22.9. The minimum atomic E-state index is -0.457. The molecule has 2 aromatic rings. The highest BCUT2D eigenvalue weighted by molar-refractivity contribution is 5.67. The SMILES string of the molecule is CC(C)(C)OC(=O)NCCCCCN(Cc1ccccn1)Cc1ccccn1. The van der Waals surface area contributed by atoms with Gasteiger partial charge >= 0.3 is 6.09 Å². The maximum atomic E-state index is 11.7. The van der Waals surface area contributed by atoms with Crippen LogP contribution in [-0.4, -0.2) is 39.7 Å². The summed E-state index contributed by atoms with van der Waals surface area (Å²) < 4.78 is 5.24. The molecule has 0 atom stereocenters. The Labute approximate surface area is 168 Å². The molecule has 2 heterocycles. The van der Waals surface area contributed by atoms with E-state index in [1.54, 1.807) is 0 Å². The van der Waals surface area contributed by atoms with E-state index in [-0.39, 0.29) is 6.09 Å². The predicted octanol–water partition coefficient (Wildman–Crippen LogP) is 4.17. The molecule has 1 N–H and O–H groups in total. The molecule has 2 aromatic heterocycles. The number of hydrogen-bond donors (Lipinski definition) is 1. The van der Waals surface area contributed by atoms with Crippen molar-refractivity contribution in [3.8, 4) is 0 Å². The summed E-state index contributed by atoms with van der Waals surface area (Å²) in [5, 5.41) is 2.81. The van der Waals surface area contributed by atoms with Gasteiger partial charge in [-0.05, 0) is 64.4 Å². The van der Waals surface area contributed by atoms with Crippen LogP contribution in [0.25, 0.3) is 0 Å². The molecule has 0 aliphatic carbocycles. The van der Waals surface area contributed by atoms with Gasteiger partial charge in [-0.2, -0.15) is 0 Å². The van der Waals surface area contributed by atoms with E-state index in [0.29, 0.717) is 6.54 Å². The second-order valence-corrected chi connectivity index (χ2v) is 7.84. The highest BCUT2D eigenvalue weighted by atomic mass is 16.6. The zero-order valence-corrected chi connectivity index (χ0v) is 17.2. The summed E-state index contributed by atoms with van der Waals surface area (Å²) in [6.45, 7) is 8.79. The maximum absolute atomic E-state index is 11.7. The van der Waals surface area contributed by atoms with E-state index >= 15 is 0 Å². The average molecular weight is 385 g/mol. The van der Waals surface area contributed by atoms with Gasteiger partial charge in [0.25, 0.3) is 0 Å². The molecular weight excluding hydrogens is 352 g/mol. The number of carbonyl (C=O) groups excluding carboxylic acids is 1. The highest BCUT2D eigenvalue weighted by Gasteiger charge is 2.15. The van der Waals surface area contributed by atoms with Crippen LogP contribution in [0.4, 0.5) is 4.79 Å². The zero-order valence-electron chi connectivity index (χ0n) is 17.2. The van der Waals surface area contributed by atoms with E-state index in [9.17, 15) is 4.79 Å². The Morgan fingerprint density at radius 3 is 2.07 bits per heavy atom. The molecule has 1 amide bonds. The molecule has 0 fully saturated rings. The molecule has 0 unspecified atom stereocenters. The second kappa shape index (κ2) is 11.4. The number of pyridine rings is 2. The molecule has 6 heteroatoms. The molecule has 0 aliphatic rings. The fourth-order valence-corrected chi connectivity index (χ4v) is 2.80. The van der Waals surface area contributed by atoms with Crippen molar-refractivity contribution in [3.63, 3.8) is 0 Å². The quantitative estimate of drug-likeness (QED) is 0.623. The summed E-state index contributed by atoms with van der Waals surface area (Å²) in [6.07, 6.45) is 6.33. The lowest BCUT2D eigenvalue weighted by molar-refractivity contribution is 0.0527. The van der Waals surface area contributed by atoms with Crippen LogP contribution in [0.15, 0.2) is 48.8 Å². The van der Waals surface area contributed by atoms with Gasteiger partial charge in [0.05, 0.1) is 11.4 Å². The van der Waals surface area contributed by atoms with Gasteiger partial charge in [0.1, 0.15) is 5.60 Å². The Morgan fingerprint density at radius 1 is 0.964 bits per heavy atom. The lowest BCUT2D eigenvalue weighted by Gasteiger charge is -2.22. The van der Waals surface area contributed by atoms with E-state index < -0.39 is 5.60 Å². The standard InChI is InChI=1S/C22H32N4O2/c1-22(2,3)28-21(27)25-15-7-4-10-16-26(17-19-11-5-8-13-23-19)18-20-12-6-9-14-24-20/h5-6,8-9,11-14H,4,7,10,15-18H2,1-3H3,(H,25,27). The highest BCUT2D eigenvalue weighted by Crippen LogP contribution is 2.09. The Bertz CT molecular complexity index is 645. The van der Waals surface area contributed by atoms with Crippen molar-refractivity contribution in [1.82, 2.24) is 20.2 Å². The Morgan fingerprint density at radius 2 is 1.57 bits per heavy atom. The first-order valence-electron chi connectivity index (χ1n) is 9.91. The Kier molecular flexibility index (Phi) is 8.88. The number of nitrogens with one attached hydrogen (secondary N) is 1. The molecule has 152 valence electrons. The van der Waals surface area contributed by atoms with Crippen molar-refractivity contribution in [1.29, 1.82) is 0 Å². The zero-order chi connectivity index (χ0) is 20.2. The van der Waals surface area contributed by atoms with Gasteiger partial charge in [0, 0.05) is 32.0 Å². The smallest absolute Gasteiger partial charge is 0.407 e. The van der Waals surface area contributed by atoms with Crippen LogP contribution in [0.3, 0.4) is 0 Å². The van der Waals surface area contributed by atoms with Gasteiger partial charge in [-0.25, -0.2) is 4.79 Å². The van der Waals surface area contributed by atoms with Gasteiger partial charge < -0.3 is 10.1 Å². The first-order chi connectivity index (χ1) is 13.4. The number of unbranched alkanes of at least 4 members (excludes halogenated alkanes) is 2. The summed E-state index contributed by atoms with van der Waals surface area (Å²) in [6, 6.07) is 12.0. The third kappa shape index (κ3) is 9.46. The fourth-order valence-electron chi connectivity index (χ4n) is 2.80. The maximum Gasteiger partial charge on any atom is 0.407 e. The number of aromatic nitrogens is 2. The number of ether oxygens (including phenoxy) is 1. The van der Waals surface area contributed by atoms with Gasteiger partial charge in [-0.3, -0.25) is 14.9 Å². The van der Waals surface area contributed by atoms with Crippen LogP contribution in [0.1, 0.15) is 51.4 Å². The number of carbonyl (C=O) groups is 1. The summed E-state index contributed by atoms with van der Waals surface area (Å²) >= 11 is 0. The van der Waals surface area contributed by atoms with Crippen LogP contribution in [0.5, 0.6) is 0 Å². The third-order valence-electron chi connectivity index (χ3n) is 4.04. The predicted molar refractivity (Wildman–Crippen MR) is 111 cm³/mol. The second-order valence-electron chi connectivity index (χ2n) is 7.84. The van der Waals surface area contributed by atoms with E-state index in [1.165, 1.54) is 0 Å². The average Bonchev–Trinajstić information content (AvgIpc) is 2.64. The molecule has 0 aromatic carbocycles. The summed E-state index contributed by atoms with van der Waals surface area (Å²) in [7, 11) is 0. The summed E-state index contributed by atoms with van der Waals surface area (Å²) in [5.74, 6) is 0. The van der Waals surface area contributed by atoms with Crippen LogP contribution >= 0.6 is 0 Å². The molecule has 6 nitrogen and oxygen atoms in total. The number of hydrogen-bond acceptors (Lipinski definition) is 5. The van der Waals surface area contributed by atoms with Crippen molar-refractivity contribution >= 4 is 6.09 Å². The number of rotatable bonds is 10. The van der Waals surface area contributed by atoms with E-state index in [4.69, 9.17) is 4.74 Å². The number of alkyl carbamates (subject to hydrolysis) is 1. The fraction of sp³-hybridized carbons (Fsp3) is 0.500. The Hall–Kier alpha value is -2.47. The molecular formula is C22H32N4O2. The van der Waals surface area contributed by atoms with Gasteiger partial charge in [-0.15, -0.1) is 0 Å². The Balaban J connectivity index is 1.73. The molecule has 0 saturated heterocycles.